The Hall–Kier alpha value is 0.230. The van der Waals surface area contributed by atoms with Gasteiger partial charge in [-0.15, -0.1) is 0 Å². The van der Waals surface area contributed by atoms with Crippen molar-refractivity contribution in [3.63, 3.8) is 0 Å². The summed E-state index contributed by atoms with van der Waals surface area (Å²) in [5, 5.41) is 3.79. The fourth-order valence-electron chi connectivity index (χ4n) is 7.24. The summed E-state index contributed by atoms with van der Waals surface area (Å²) in [6.07, 6.45) is 10.7. The standard InChI is InChI=1S/2C19H28P.2ClH.Hf/c2*1-7-15(5)20(16(6)8-2)17-11-18-13(3)9-10-14(4)19(18)12-17;;;/h2*9-12,15-16H,7-8H2,1-6H3;2*1H;/q;;;;+2/p-2. The number of aryl methyl sites for hydroxylation is 4. The molecule has 0 amide bonds. The van der Waals surface area contributed by atoms with Gasteiger partial charge in [0.15, 0.2) is 0 Å². The predicted molar refractivity (Wildman–Crippen MR) is 186 cm³/mol. The number of benzene rings is 2. The second-order valence-electron chi connectivity index (χ2n) is 13.1. The van der Waals surface area contributed by atoms with Crippen LogP contribution in [0.15, 0.2) is 34.9 Å². The van der Waals surface area contributed by atoms with Gasteiger partial charge in [-0.3, -0.25) is 0 Å². The zero-order chi connectivity index (χ0) is 30.2. The smallest absolute Gasteiger partial charge is 1.00 e. The van der Waals surface area contributed by atoms with Crippen molar-refractivity contribution in [3.8, 4) is 0 Å². The molecule has 0 N–H and O–H groups in total. The Balaban J connectivity index is 0.00000323. The molecule has 2 aliphatic rings. The van der Waals surface area contributed by atoms with Gasteiger partial charge in [-0.2, -0.15) is 0 Å². The van der Waals surface area contributed by atoms with Crippen molar-refractivity contribution in [2.75, 3.05) is 0 Å². The summed E-state index contributed by atoms with van der Waals surface area (Å²) in [5.41, 5.74) is 16.0. The summed E-state index contributed by atoms with van der Waals surface area (Å²) < 4.78 is 1.45. The monoisotopic (exact) mass is 824 g/mol. The van der Waals surface area contributed by atoms with E-state index in [4.69, 9.17) is 0 Å². The van der Waals surface area contributed by atoms with Crippen molar-refractivity contribution in [3.05, 3.63) is 79.4 Å². The molecular formula is C38H56Cl2HfP2. The molecule has 236 valence electrons. The number of allylic oxidation sites excluding steroid dienone is 2. The van der Waals surface area contributed by atoms with Crippen LogP contribution in [0.4, 0.5) is 0 Å². The van der Waals surface area contributed by atoms with E-state index in [-0.39, 0.29) is 40.7 Å². The van der Waals surface area contributed by atoms with E-state index >= 15 is 0 Å². The van der Waals surface area contributed by atoms with Crippen molar-refractivity contribution in [1.82, 2.24) is 0 Å². The molecule has 0 nitrogen and oxygen atoms in total. The van der Waals surface area contributed by atoms with Gasteiger partial charge in [-0.05, 0) is 0 Å². The molecule has 6 unspecified atom stereocenters. The Morgan fingerprint density at radius 1 is 0.535 bits per heavy atom. The van der Waals surface area contributed by atoms with Gasteiger partial charge in [0.2, 0.25) is 0 Å². The van der Waals surface area contributed by atoms with E-state index in [0.29, 0.717) is 0 Å². The minimum Gasteiger partial charge on any atom is -1.00 e. The Labute approximate surface area is 291 Å². The average Bonchev–Trinajstić information content (AvgIpc) is 3.53. The molecule has 0 aliphatic heterocycles. The summed E-state index contributed by atoms with van der Waals surface area (Å²) in [6.45, 7) is 29.6. The third-order valence-electron chi connectivity index (χ3n) is 10.4. The second kappa shape index (κ2) is 16.9. The maximum atomic E-state index is 2.76. The minimum absolute atomic E-state index is 0. The molecule has 0 saturated carbocycles. The summed E-state index contributed by atoms with van der Waals surface area (Å²) in [6, 6.07) is 9.66. The van der Waals surface area contributed by atoms with Crippen LogP contribution in [0.3, 0.4) is 0 Å². The Bertz CT molecular complexity index is 1200. The van der Waals surface area contributed by atoms with E-state index in [0.717, 1.165) is 30.0 Å². The summed E-state index contributed by atoms with van der Waals surface area (Å²) in [7, 11) is -0.323. The number of halogens is 2. The van der Waals surface area contributed by atoms with E-state index in [1.165, 1.54) is 36.8 Å². The van der Waals surface area contributed by atoms with Crippen molar-refractivity contribution in [1.29, 1.82) is 0 Å². The molecule has 43 heavy (non-hydrogen) atoms. The van der Waals surface area contributed by atoms with Crippen LogP contribution in [-0.2, 0) is 22.9 Å². The Morgan fingerprint density at radius 2 is 0.814 bits per heavy atom. The van der Waals surface area contributed by atoms with E-state index in [1.807, 2.05) is 10.6 Å². The summed E-state index contributed by atoms with van der Waals surface area (Å²) in [4.78, 5) is 0. The first-order valence-corrected chi connectivity index (χ1v) is 23.6. The molecule has 0 radical (unpaired) electrons. The van der Waals surface area contributed by atoms with Crippen molar-refractivity contribution in [2.45, 2.75) is 139 Å². The zero-order valence-electron chi connectivity index (χ0n) is 28.9. The molecule has 0 aromatic heterocycles. The van der Waals surface area contributed by atoms with Crippen LogP contribution in [0.5, 0.6) is 0 Å². The number of hydrogen-bond acceptors (Lipinski definition) is 0. The molecule has 0 fully saturated rings. The fourth-order valence-corrected chi connectivity index (χ4v) is 25.4. The van der Waals surface area contributed by atoms with Crippen molar-refractivity contribution in [2.24, 2.45) is 0 Å². The number of rotatable bonds is 12. The predicted octanol–water partition coefficient (Wildman–Crippen LogP) is 6.66. The van der Waals surface area contributed by atoms with Crippen LogP contribution in [-0.4, -0.2) is 22.6 Å². The van der Waals surface area contributed by atoms with Crippen molar-refractivity contribution < 1.29 is 47.7 Å². The maximum Gasteiger partial charge on any atom is -1.00 e. The normalized spacial score (nSPS) is 21.1. The Kier molecular flexibility index (Phi) is 15.5. The maximum absolute atomic E-state index is 2.76. The van der Waals surface area contributed by atoms with E-state index in [9.17, 15) is 0 Å². The van der Waals surface area contributed by atoms with E-state index in [2.05, 4.69) is 120 Å². The van der Waals surface area contributed by atoms with Crippen molar-refractivity contribution >= 4 is 28.0 Å². The zero-order valence-corrected chi connectivity index (χ0v) is 35.8. The molecule has 6 atom stereocenters. The third kappa shape index (κ3) is 7.70. The first-order chi connectivity index (χ1) is 19.5. The van der Waals surface area contributed by atoms with E-state index < -0.39 is 22.9 Å². The minimum atomic E-state index is -1.30. The quantitative estimate of drug-likeness (QED) is 0.166. The molecule has 2 aromatic carbocycles. The second-order valence-corrected chi connectivity index (χ2v) is 24.6. The van der Waals surface area contributed by atoms with Gasteiger partial charge in [0.1, 0.15) is 0 Å². The van der Waals surface area contributed by atoms with Gasteiger partial charge in [0.05, 0.1) is 0 Å². The molecule has 0 bridgehead atoms. The van der Waals surface area contributed by atoms with Gasteiger partial charge in [0, 0.05) is 0 Å². The molecule has 0 saturated heterocycles. The average molecular weight is 824 g/mol. The van der Waals surface area contributed by atoms with Gasteiger partial charge in [0.25, 0.3) is 0 Å². The van der Waals surface area contributed by atoms with Gasteiger partial charge >= 0.3 is 269 Å². The SMILES string of the molecule is CCC(C)P(C1=Cc2c(C)ccc(C)c2[CH]1[Hf+2][CH]1C(P(C(C)CC)C(C)CC)=Cc2c(C)ccc(C)c21)C(C)CC.[Cl-].[Cl-]. The molecular weight excluding hydrogens is 768 g/mol. The third-order valence-corrected chi connectivity index (χ3v) is 26.1. The van der Waals surface area contributed by atoms with Gasteiger partial charge < -0.3 is 24.8 Å². The first kappa shape index (κ1) is 39.4. The van der Waals surface area contributed by atoms with Crippen LogP contribution in [0.2, 0.25) is 0 Å². The van der Waals surface area contributed by atoms with Crippen LogP contribution < -0.4 is 24.8 Å². The van der Waals surface area contributed by atoms with Gasteiger partial charge in [-0.25, -0.2) is 0 Å². The van der Waals surface area contributed by atoms with Crippen LogP contribution >= 0.6 is 15.8 Å². The first-order valence-electron chi connectivity index (χ1n) is 16.5. The molecule has 2 aromatic rings. The van der Waals surface area contributed by atoms with Crippen LogP contribution in [0, 0.1) is 27.7 Å². The number of hydrogen-bond donors (Lipinski definition) is 0. The molecule has 2 aliphatic carbocycles. The number of fused-ring (bicyclic) bond motifs is 2. The summed E-state index contributed by atoms with van der Waals surface area (Å²) in [5.74, 6) is 0. The Morgan fingerprint density at radius 3 is 1.09 bits per heavy atom. The summed E-state index contributed by atoms with van der Waals surface area (Å²) >= 11 is -1.30. The van der Waals surface area contributed by atoms with Gasteiger partial charge in [-0.1, -0.05) is 0 Å². The molecule has 5 heteroatoms. The topological polar surface area (TPSA) is 0 Å². The molecule has 4 rings (SSSR count). The molecule has 0 spiro atoms. The van der Waals surface area contributed by atoms with Crippen LogP contribution in [0.25, 0.3) is 12.2 Å². The van der Waals surface area contributed by atoms with E-state index in [1.54, 1.807) is 33.4 Å². The molecule has 0 heterocycles. The van der Waals surface area contributed by atoms with Crippen LogP contribution in [0.1, 0.15) is 133 Å². The largest absolute Gasteiger partial charge is 1.00 e. The fraction of sp³-hybridized carbons (Fsp3) is 0.579.